The highest BCUT2D eigenvalue weighted by atomic mass is 32.2. The zero-order valence-electron chi connectivity index (χ0n) is 15.1. The van der Waals surface area contributed by atoms with Gasteiger partial charge in [0.05, 0.1) is 19.5 Å². The highest BCUT2D eigenvalue weighted by Gasteiger charge is 2.19. The summed E-state index contributed by atoms with van der Waals surface area (Å²) in [5.74, 6) is 2.93. The minimum atomic E-state index is -0.0961. The maximum Gasteiger partial charge on any atom is 0.277 e. The lowest BCUT2D eigenvalue weighted by molar-refractivity contribution is 0.373. The van der Waals surface area contributed by atoms with Gasteiger partial charge in [-0.25, -0.2) is 0 Å². The van der Waals surface area contributed by atoms with E-state index in [2.05, 4.69) is 27.3 Å². The third kappa shape index (κ3) is 4.16. The maximum absolute atomic E-state index is 5.75. The van der Waals surface area contributed by atoms with Crippen LogP contribution in [-0.4, -0.2) is 34.6 Å². The van der Waals surface area contributed by atoms with Crippen LogP contribution >= 0.6 is 11.8 Å². The first-order valence-electron chi connectivity index (χ1n) is 8.19. The molecule has 138 valence electrons. The number of thioether (sulfide) groups is 1. The molecular formula is C17H20N4O4S. The van der Waals surface area contributed by atoms with E-state index in [9.17, 15) is 0 Å². The van der Waals surface area contributed by atoms with E-state index in [1.54, 1.807) is 20.3 Å². The van der Waals surface area contributed by atoms with Gasteiger partial charge in [-0.05, 0) is 25.5 Å². The van der Waals surface area contributed by atoms with E-state index in [0.717, 1.165) is 18.4 Å². The molecular weight excluding hydrogens is 356 g/mol. The van der Waals surface area contributed by atoms with Gasteiger partial charge in [0, 0.05) is 18.1 Å². The van der Waals surface area contributed by atoms with Crippen LogP contribution < -0.4 is 9.47 Å². The molecule has 0 aliphatic carbocycles. The second-order valence-electron chi connectivity index (χ2n) is 5.53. The van der Waals surface area contributed by atoms with Crippen LogP contribution in [0, 0.1) is 0 Å². The number of hydrogen-bond donors (Lipinski definition) is 0. The third-order valence-electron chi connectivity index (χ3n) is 3.59. The summed E-state index contributed by atoms with van der Waals surface area (Å²) in [6.07, 6.45) is 1.76. The first kappa shape index (κ1) is 18.2. The fourth-order valence-electron chi connectivity index (χ4n) is 2.26. The van der Waals surface area contributed by atoms with Gasteiger partial charge in [0.25, 0.3) is 5.22 Å². The Morgan fingerprint density at radius 2 is 1.85 bits per heavy atom. The number of hydrogen-bond acceptors (Lipinski definition) is 9. The summed E-state index contributed by atoms with van der Waals surface area (Å²) in [4.78, 5) is 4.38. The molecule has 0 fully saturated rings. The molecule has 0 aliphatic rings. The highest BCUT2D eigenvalue weighted by Crippen LogP contribution is 2.35. The van der Waals surface area contributed by atoms with Crippen molar-refractivity contribution in [1.82, 2.24) is 20.3 Å². The lowest BCUT2D eigenvalue weighted by atomic mass is 10.2. The molecule has 0 bridgehead atoms. The topological polar surface area (TPSA) is 96.3 Å². The molecule has 8 nitrogen and oxygen atoms in total. The molecule has 3 aromatic rings. The van der Waals surface area contributed by atoms with Crippen LogP contribution in [0.3, 0.4) is 0 Å². The molecule has 2 heterocycles. The highest BCUT2D eigenvalue weighted by molar-refractivity contribution is 7.99. The lowest BCUT2D eigenvalue weighted by Gasteiger charge is -2.05. The molecule has 3 rings (SSSR count). The molecule has 0 N–H and O–H groups in total. The van der Waals surface area contributed by atoms with Crippen molar-refractivity contribution < 1.29 is 18.4 Å². The van der Waals surface area contributed by atoms with Gasteiger partial charge >= 0.3 is 0 Å². The average molecular weight is 376 g/mol. The van der Waals surface area contributed by atoms with Crippen molar-refractivity contribution in [3.63, 3.8) is 0 Å². The minimum absolute atomic E-state index is 0.0961. The molecule has 0 amide bonds. The molecule has 1 atom stereocenters. The normalized spacial score (nSPS) is 12.2. The standard InChI is InChI=1S/C17H20N4O4S/c1-5-6-14-18-15(25-21-14)10(2)26-17-20-19-16(24-17)11-7-12(22-3)9-13(8-11)23-4/h7-10H,5-6H2,1-4H3. The van der Waals surface area contributed by atoms with Gasteiger partial charge < -0.3 is 18.4 Å². The average Bonchev–Trinajstić information content (AvgIpc) is 3.31. The Kier molecular flexibility index (Phi) is 5.77. The van der Waals surface area contributed by atoms with Gasteiger partial charge in [-0.3, -0.25) is 0 Å². The van der Waals surface area contributed by atoms with E-state index < -0.39 is 0 Å². The summed E-state index contributed by atoms with van der Waals surface area (Å²) >= 11 is 1.36. The van der Waals surface area contributed by atoms with Gasteiger partial charge in [-0.2, -0.15) is 4.98 Å². The number of methoxy groups -OCH3 is 2. The summed E-state index contributed by atoms with van der Waals surface area (Å²) < 4.78 is 21.6. The Morgan fingerprint density at radius 1 is 1.12 bits per heavy atom. The number of aromatic nitrogens is 4. The van der Waals surface area contributed by atoms with Crippen molar-refractivity contribution in [2.24, 2.45) is 0 Å². The number of benzene rings is 1. The van der Waals surface area contributed by atoms with Crippen LogP contribution in [0.2, 0.25) is 0 Å². The van der Waals surface area contributed by atoms with E-state index >= 15 is 0 Å². The quantitative estimate of drug-likeness (QED) is 0.541. The fourth-order valence-corrected chi connectivity index (χ4v) is 2.98. The van der Waals surface area contributed by atoms with Crippen molar-refractivity contribution >= 4 is 11.8 Å². The minimum Gasteiger partial charge on any atom is -0.497 e. The molecule has 0 saturated carbocycles. The molecule has 0 aliphatic heterocycles. The maximum atomic E-state index is 5.75. The second-order valence-corrected chi connectivity index (χ2v) is 6.83. The molecule has 26 heavy (non-hydrogen) atoms. The summed E-state index contributed by atoms with van der Waals surface area (Å²) in [5, 5.41) is 12.5. The van der Waals surface area contributed by atoms with Gasteiger partial charge in [0.1, 0.15) is 11.5 Å². The van der Waals surface area contributed by atoms with Crippen LogP contribution in [0.1, 0.15) is 37.2 Å². The lowest BCUT2D eigenvalue weighted by Crippen LogP contribution is -1.90. The van der Waals surface area contributed by atoms with E-state index in [-0.39, 0.29) is 5.25 Å². The second kappa shape index (κ2) is 8.22. The van der Waals surface area contributed by atoms with Gasteiger partial charge in [-0.15, -0.1) is 10.2 Å². The summed E-state index contributed by atoms with van der Waals surface area (Å²) in [6, 6.07) is 5.40. The van der Waals surface area contributed by atoms with E-state index in [0.29, 0.717) is 34.3 Å². The van der Waals surface area contributed by atoms with Gasteiger partial charge in [0.15, 0.2) is 5.82 Å². The Labute approximate surface area is 155 Å². The van der Waals surface area contributed by atoms with Crippen molar-refractivity contribution in [2.75, 3.05) is 14.2 Å². The molecule has 0 saturated heterocycles. The Balaban J connectivity index is 1.75. The van der Waals surface area contributed by atoms with Crippen molar-refractivity contribution in [1.29, 1.82) is 0 Å². The van der Waals surface area contributed by atoms with Crippen LogP contribution in [0.25, 0.3) is 11.5 Å². The van der Waals surface area contributed by atoms with E-state index in [4.69, 9.17) is 18.4 Å². The molecule has 0 radical (unpaired) electrons. The molecule has 0 spiro atoms. The number of nitrogens with zero attached hydrogens (tertiary/aromatic N) is 4. The van der Waals surface area contributed by atoms with E-state index in [1.807, 2.05) is 19.1 Å². The Morgan fingerprint density at radius 3 is 2.50 bits per heavy atom. The third-order valence-corrected chi connectivity index (χ3v) is 4.51. The predicted molar refractivity (Wildman–Crippen MR) is 95.4 cm³/mol. The Hall–Kier alpha value is -2.55. The van der Waals surface area contributed by atoms with Crippen LogP contribution in [0.15, 0.2) is 32.4 Å². The molecule has 1 unspecified atom stereocenters. The summed E-state index contributed by atoms with van der Waals surface area (Å²) in [6.45, 7) is 4.02. The van der Waals surface area contributed by atoms with Crippen LogP contribution in [0.4, 0.5) is 0 Å². The zero-order valence-corrected chi connectivity index (χ0v) is 15.9. The summed E-state index contributed by atoms with van der Waals surface area (Å²) in [5.41, 5.74) is 0.719. The van der Waals surface area contributed by atoms with Gasteiger partial charge in [-0.1, -0.05) is 23.8 Å². The van der Waals surface area contributed by atoms with Gasteiger partial charge in [0.2, 0.25) is 11.8 Å². The number of rotatable bonds is 8. The SMILES string of the molecule is CCCc1noc(C(C)Sc2nnc(-c3cc(OC)cc(OC)c3)o2)n1. The van der Waals surface area contributed by atoms with Crippen molar-refractivity contribution in [3.05, 3.63) is 29.9 Å². The largest absolute Gasteiger partial charge is 0.497 e. The smallest absolute Gasteiger partial charge is 0.277 e. The number of ether oxygens (including phenoxy) is 2. The molecule has 2 aromatic heterocycles. The van der Waals surface area contributed by atoms with Crippen molar-refractivity contribution in [3.8, 4) is 23.0 Å². The Bertz CT molecular complexity index is 842. The fraction of sp³-hybridized carbons (Fsp3) is 0.412. The number of aryl methyl sites for hydroxylation is 1. The van der Waals surface area contributed by atoms with Crippen LogP contribution in [-0.2, 0) is 6.42 Å². The van der Waals surface area contributed by atoms with Crippen molar-refractivity contribution in [2.45, 2.75) is 37.2 Å². The first-order chi connectivity index (χ1) is 12.6. The van der Waals surface area contributed by atoms with Crippen LogP contribution in [0.5, 0.6) is 11.5 Å². The summed E-state index contributed by atoms with van der Waals surface area (Å²) in [7, 11) is 3.18. The molecule has 9 heteroatoms. The monoisotopic (exact) mass is 376 g/mol. The first-order valence-corrected chi connectivity index (χ1v) is 9.07. The predicted octanol–water partition coefficient (Wildman–Crippen LogP) is 3.94. The molecule has 1 aromatic carbocycles. The van der Waals surface area contributed by atoms with E-state index in [1.165, 1.54) is 11.8 Å². The zero-order chi connectivity index (χ0) is 18.5.